The summed E-state index contributed by atoms with van der Waals surface area (Å²) >= 11 is 0. The Morgan fingerprint density at radius 2 is 1.56 bits per heavy atom. The van der Waals surface area contributed by atoms with Crippen molar-refractivity contribution in [3.63, 3.8) is 0 Å². The molecule has 0 aliphatic heterocycles. The quantitative estimate of drug-likeness (QED) is 0.222. The highest BCUT2D eigenvalue weighted by atomic mass is 19.1. The molecule has 0 amide bonds. The molecule has 6 heteroatoms. The number of nitrogens with zero attached hydrogens (tertiary/aromatic N) is 2. The van der Waals surface area contributed by atoms with Gasteiger partial charge in [-0.05, 0) is 79.6 Å². The Kier molecular flexibility index (Phi) is 6.97. The Hall–Kier alpha value is -4.06. The molecule has 0 aliphatic rings. The molecular formula is C28H27FN2O3. The molecule has 0 unspecified atom stereocenters. The van der Waals surface area contributed by atoms with Crippen LogP contribution in [0, 0.1) is 12.7 Å². The SMILES string of the molecule is COc1cccc(CO/N=C(/C)c2cc(-c3ccc(F)cc3)n(-c3cccc(OC)c3)c2C)c1. The van der Waals surface area contributed by atoms with E-state index in [1.807, 2.05) is 62.4 Å². The molecule has 174 valence electrons. The van der Waals surface area contributed by atoms with Gasteiger partial charge in [0.05, 0.1) is 25.6 Å². The predicted octanol–water partition coefficient (Wildman–Crippen LogP) is 6.55. The highest BCUT2D eigenvalue weighted by Crippen LogP contribution is 2.31. The third-order valence-electron chi connectivity index (χ3n) is 5.66. The summed E-state index contributed by atoms with van der Waals surface area (Å²) < 4.78 is 26.4. The first-order valence-corrected chi connectivity index (χ1v) is 10.9. The zero-order valence-electron chi connectivity index (χ0n) is 19.7. The minimum Gasteiger partial charge on any atom is -0.497 e. The summed E-state index contributed by atoms with van der Waals surface area (Å²) in [6, 6.07) is 24.0. The molecule has 0 saturated heterocycles. The second-order valence-corrected chi connectivity index (χ2v) is 7.87. The van der Waals surface area contributed by atoms with Crippen LogP contribution in [-0.2, 0) is 11.4 Å². The third-order valence-corrected chi connectivity index (χ3v) is 5.66. The first-order chi connectivity index (χ1) is 16.5. The lowest BCUT2D eigenvalue weighted by Crippen LogP contribution is -2.03. The number of hydrogen-bond donors (Lipinski definition) is 0. The normalized spacial score (nSPS) is 11.4. The van der Waals surface area contributed by atoms with E-state index in [-0.39, 0.29) is 5.82 Å². The van der Waals surface area contributed by atoms with E-state index in [1.165, 1.54) is 12.1 Å². The van der Waals surface area contributed by atoms with E-state index in [4.69, 9.17) is 14.3 Å². The fourth-order valence-corrected chi connectivity index (χ4v) is 3.90. The number of benzene rings is 3. The molecule has 0 N–H and O–H groups in total. The predicted molar refractivity (Wildman–Crippen MR) is 132 cm³/mol. The first kappa shape index (κ1) is 23.1. The minimum atomic E-state index is -0.274. The molecule has 0 saturated carbocycles. The minimum absolute atomic E-state index is 0.274. The van der Waals surface area contributed by atoms with E-state index in [9.17, 15) is 4.39 Å². The van der Waals surface area contributed by atoms with Crippen LogP contribution in [0.4, 0.5) is 4.39 Å². The van der Waals surface area contributed by atoms with E-state index < -0.39 is 0 Å². The standard InChI is InChI=1S/C28H27FN2O3/c1-19(30-34-18-21-7-5-9-25(15-21)32-3)27-17-28(22-11-13-23(29)14-12-22)31(20(27)2)24-8-6-10-26(16-24)33-4/h5-17H,18H2,1-4H3/b30-19-. The number of oxime groups is 1. The van der Waals surface area contributed by atoms with E-state index in [1.54, 1.807) is 26.4 Å². The second kappa shape index (κ2) is 10.3. The van der Waals surface area contributed by atoms with Crippen LogP contribution in [-0.4, -0.2) is 24.5 Å². The van der Waals surface area contributed by atoms with Gasteiger partial charge in [0.25, 0.3) is 0 Å². The van der Waals surface area contributed by atoms with Gasteiger partial charge in [-0.15, -0.1) is 0 Å². The third kappa shape index (κ3) is 4.96. The molecule has 1 heterocycles. The second-order valence-electron chi connectivity index (χ2n) is 7.87. The zero-order chi connectivity index (χ0) is 24.1. The lowest BCUT2D eigenvalue weighted by molar-refractivity contribution is 0.130. The van der Waals surface area contributed by atoms with Gasteiger partial charge in [0.1, 0.15) is 23.9 Å². The van der Waals surface area contributed by atoms with Crippen molar-refractivity contribution < 1.29 is 18.7 Å². The molecule has 0 fully saturated rings. The molecule has 1 aromatic heterocycles. The Balaban J connectivity index is 1.70. The van der Waals surface area contributed by atoms with Crippen molar-refractivity contribution in [3.05, 3.63) is 102 Å². The Labute approximate surface area is 199 Å². The molecule has 0 atom stereocenters. The van der Waals surface area contributed by atoms with Crippen LogP contribution in [0.25, 0.3) is 16.9 Å². The molecule has 0 aliphatic carbocycles. The van der Waals surface area contributed by atoms with E-state index in [2.05, 4.69) is 15.8 Å². The topological polar surface area (TPSA) is 45.0 Å². The van der Waals surface area contributed by atoms with Gasteiger partial charge in [-0.25, -0.2) is 4.39 Å². The van der Waals surface area contributed by atoms with Gasteiger partial charge in [0, 0.05) is 23.0 Å². The fourth-order valence-electron chi connectivity index (χ4n) is 3.90. The number of hydrogen-bond acceptors (Lipinski definition) is 4. The number of ether oxygens (including phenoxy) is 2. The molecule has 34 heavy (non-hydrogen) atoms. The first-order valence-electron chi connectivity index (χ1n) is 10.9. The van der Waals surface area contributed by atoms with Crippen LogP contribution in [0.5, 0.6) is 11.5 Å². The summed E-state index contributed by atoms with van der Waals surface area (Å²) in [4.78, 5) is 5.66. The molecule has 0 spiro atoms. The fraction of sp³-hybridized carbons (Fsp3) is 0.179. The van der Waals surface area contributed by atoms with Gasteiger partial charge < -0.3 is 18.9 Å². The van der Waals surface area contributed by atoms with Crippen LogP contribution in [0.1, 0.15) is 23.7 Å². The Morgan fingerprint density at radius 1 is 0.882 bits per heavy atom. The molecule has 0 bridgehead atoms. The number of aromatic nitrogens is 1. The monoisotopic (exact) mass is 458 g/mol. The zero-order valence-corrected chi connectivity index (χ0v) is 19.7. The molecule has 4 rings (SSSR count). The smallest absolute Gasteiger partial charge is 0.142 e. The maximum atomic E-state index is 13.6. The van der Waals surface area contributed by atoms with Crippen LogP contribution in [0.15, 0.2) is 84.0 Å². The summed E-state index contributed by atoms with van der Waals surface area (Å²) in [5.74, 6) is 1.25. The molecule has 5 nitrogen and oxygen atoms in total. The van der Waals surface area contributed by atoms with Crippen molar-refractivity contribution in [1.82, 2.24) is 4.57 Å². The highest BCUT2D eigenvalue weighted by Gasteiger charge is 2.17. The van der Waals surface area contributed by atoms with Crippen molar-refractivity contribution in [2.24, 2.45) is 5.16 Å². The number of methoxy groups -OCH3 is 2. The lowest BCUT2D eigenvalue weighted by atomic mass is 10.1. The van der Waals surface area contributed by atoms with Gasteiger partial charge in [-0.2, -0.15) is 0 Å². The van der Waals surface area contributed by atoms with Crippen molar-refractivity contribution in [2.75, 3.05) is 14.2 Å². The average molecular weight is 459 g/mol. The van der Waals surface area contributed by atoms with Gasteiger partial charge in [0.2, 0.25) is 0 Å². The van der Waals surface area contributed by atoms with Crippen molar-refractivity contribution in [2.45, 2.75) is 20.5 Å². The maximum Gasteiger partial charge on any atom is 0.142 e. The van der Waals surface area contributed by atoms with E-state index >= 15 is 0 Å². The summed E-state index contributed by atoms with van der Waals surface area (Å²) in [6.07, 6.45) is 0. The van der Waals surface area contributed by atoms with E-state index in [0.717, 1.165) is 51.0 Å². The van der Waals surface area contributed by atoms with Crippen molar-refractivity contribution in [3.8, 4) is 28.4 Å². The maximum absolute atomic E-state index is 13.6. The Bertz CT molecular complexity index is 1310. The van der Waals surface area contributed by atoms with Crippen LogP contribution < -0.4 is 9.47 Å². The van der Waals surface area contributed by atoms with E-state index in [0.29, 0.717) is 6.61 Å². The van der Waals surface area contributed by atoms with Crippen LogP contribution in [0.2, 0.25) is 0 Å². The van der Waals surface area contributed by atoms with Gasteiger partial charge in [-0.3, -0.25) is 0 Å². The van der Waals surface area contributed by atoms with Crippen LogP contribution in [0.3, 0.4) is 0 Å². The summed E-state index contributed by atoms with van der Waals surface area (Å²) in [5, 5.41) is 4.37. The summed E-state index contributed by atoms with van der Waals surface area (Å²) in [5.41, 5.74) is 6.38. The van der Waals surface area contributed by atoms with Crippen molar-refractivity contribution in [1.29, 1.82) is 0 Å². The van der Waals surface area contributed by atoms with Crippen molar-refractivity contribution >= 4 is 5.71 Å². The average Bonchev–Trinajstić information content (AvgIpc) is 3.21. The molecule has 0 radical (unpaired) electrons. The highest BCUT2D eigenvalue weighted by molar-refractivity contribution is 6.01. The molecular weight excluding hydrogens is 431 g/mol. The molecule has 3 aromatic carbocycles. The van der Waals surface area contributed by atoms with Crippen LogP contribution >= 0.6 is 0 Å². The van der Waals surface area contributed by atoms with Gasteiger partial charge in [-0.1, -0.05) is 23.4 Å². The Morgan fingerprint density at radius 3 is 2.26 bits per heavy atom. The largest absolute Gasteiger partial charge is 0.497 e. The number of halogens is 1. The lowest BCUT2D eigenvalue weighted by Gasteiger charge is -2.13. The summed E-state index contributed by atoms with van der Waals surface area (Å²) in [7, 11) is 3.28. The molecule has 4 aromatic rings. The van der Waals surface area contributed by atoms with Gasteiger partial charge >= 0.3 is 0 Å². The number of rotatable bonds is 8. The summed E-state index contributed by atoms with van der Waals surface area (Å²) in [6.45, 7) is 4.27. The van der Waals surface area contributed by atoms with Gasteiger partial charge in [0.15, 0.2) is 0 Å².